The van der Waals surface area contributed by atoms with Crippen molar-refractivity contribution < 1.29 is 27.9 Å². The number of hydrogen-bond acceptors (Lipinski definition) is 4. The lowest BCUT2D eigenvalue weighted by Gasteiger charge is -2.38. The number of hydroxylamine groups is 2. The molecule has 28 heavy (non-hydrogen) atoms. The molecule has 148 valence electrons. The molecule has 0 radical (unpaired) electrons. The smallest absolute Gasteiger partial charge is 0.416 e. The number of ether oxygens (including phenoxy) is 1. The second-order valence-corrected chi connectivity index (χ2v) is 6.76. The first kappa shape index (κ1) is 19.7. The van der Waals surface area contributed by atoms with Gasteiger partial charge in [-0.2, -0.15) is 13.2 Å². The fraction of sp³-hybridized carbons (Fsp3) is 0.263. The first-order valence-corrected chi connectivity index (χ1v) is 8.28. The van der Waals surface area contributed by atoms with Crippen molar-refractivity contribution in [3.63, 3.8) is 0 Å². The Hall–Kier alpha value is -3.07. The Bertz CT molecular complexity index is 1010. The van der Waals surface area contributed by atoms with Crippen LogP contribution in [0.25, 0.3) is 5.70 Å². The SMILES string of the molecule is CC1(C)Oc2ccc(C(F)(F)F)cc2C(n2ccccc2=O)=C1CN(O)C=O. The van der Waals surface area contributed by atoms with Crippen LogP contribution in [-0.4, -0.2) is 33.4 Å². The zero-order valence-corrected chi connectivity index (χ0v) is 15.0. The van der Waals surface area contributed by atoms with Crippen molar-refractivity contribution in [2.45, 2.75) is 25.6 Å². The van der Waals surface area contributed by atoms with E-state index in [4.69, 9.17) is 4.74 Å². The van der Waals surface area contributed by atoms with Crippen LogP contribution < -0.4 is 10.3 Å². The van der Waals surface area contributed by atoms with Crippen molar-refractivity contribution in [1.29, 1.82) is 0 Å². The highest BCUT2D eigenvalue weighted by Crippen LogP contribution is 2.43. The molecular weight excluding hydrogens is 377 g/mol. The summed E-state index contributed by atoms with van der Waals surface area (Å²) in [7, 11) is 0. The Morgan fingerprint density at radius 2 is 1.96 bits per heavy atom. The number of halogens is 3. The molecule has 0 fully saturated rings. The molecule has 0 bridgehead atoms. The molecule has 1 aromatic heterocycles. The maximum absolute atomic E-state index is 13.3. The minimum atomic E-state index is -4.60. The van der Waals surface area contributed by atoms with Gasteiger partial charge in [0.25, 0.3) is 5.56 Å². The van der Waals surface area contributed by atoms with Crippen LogP contribution in [0.4, 0.5) is 13.2 Å². The molecule has 1 N–H and O–H groups in total. The molecule has 9 heteroatoms. The molecule has 1 aromatic carbocycles. The Morgan fingerprint density at radius 3 is 2.57 bits per heavy atom. The quantitative estimate of drug-likeness (QED) is 0.491. The zero-order valence-electron chi connectivity index (χ0n) is 15.0. The highest BCUT2D eigenvalue weighted by molar-refractivity contribution is 5.77. The van der Waals surface area contributed by atoms with E-state index >= 15 is 0 Å². The van der Waals surface area contributed by atoms with Gasteiger partial charge in [0.15, 0.2) is 0 Å². The van der Waals surface area contributed by atoms with Gasteiger partial charge < -0.3 is 4.74 Å². The molecule has 0 aliphatic carbocycles. The average molecular weight is 394 g/mol. The maximum Gasteiger partial charge on any atom is 0.416 e. The number of rotatable bonds is 4. The number of benzene rings is 1. The van der Waals surface area contributed by atoms with Crippen LogP contribution in [0.3, 0.4) is 0 Å². The zero-order chi connectivity index (χ0) is 20.7. The van der Waals surface area contributed by atoms with Gasteiger partial charge in [0.2, 0.25) is 6.41 Å². The largest absolute Gasteiger partial charge is 0.483 e. The average Bonchev–Trinajstić information content (AvgIpc) is 2.61. The van der Waals surface area contributed by atoms with E-state index in [1.54, 1.807) is 19.9 Å². The Balaban J connectivity index is 2.37. The number of nitrogens with zero attached hydrogens (tertiary/aromatic N) is 2. The van der Waals surface area contributed by atoms with E-state index in [9.17, 15) is 28.0 Å². The molecule has 0 saturated heterocycles. The standard InChI is InChI=1S/C19H17F3N2O4/c1-18(2)14(10-23(27)11-25)17(24-8-4-3-5-16(24)26)13-9-12(19(20,21)22)6-7-15(13)28-18/h3-9,11,27H,10H2,1-2H3. The van der Waals surface area contributed by atoms with E-state index in [1.807, 2.05) is 0 Å². The van der Waals surface area contributed by atoms with E-state index in [2.05, 4.69) is 0 Å². The Labute approximate surface area is 158 Å². The van der Waals surface area contributed by atoms with Gasteiger partial charge >= 0.3 is 6.18 Å². The number of fused-ring (bicyclic) bond motifs is 1. The number of aromatic nitrogens is 1. The summed E-state index contributed by atoms with van der Waals surface area (Å²) in [4.78, 5) is 23.4. The molecule has 0 unspecified atom stereocenters. The highest BCUT2D eigenvalue weighted by Gasteiger charge is 2.39. The summed E-state index contributed by atoms with van der Waals surface area (Å²) in [6.45, 7) is 2.91. The van der Waals surface area contributed by atoms with E-state index in [0.717, 1.165) is 12.1 Å². The first-order valence-electron chi connectivity index (χ1n) is 8.28. The summed E-state index contributed by atoms with van der Waals surface area (Å²) >= 11 is 0. The van der Waals surface area contributed by atoms with Crippen molar-refractivity contribution in [2.24, 2.45) is 0 Å². The second kappa shape index (κ2) is 6.83. The van der Waals surface area contributed by atoms with Crippen LogP contribution in [0.15, 0.2) is 53.0 Å². The summed E-state index contributed by atoms with van der Waals surface area (Å²) in [5.41, 5.74) is -2.07. The predicted octanol–water partition coefficient (Wildman–Crippen LogP) is 3.15. The lowest BCUT2D eigenvalue weighted by Crippen LogP contribution is -2.41. The van der Waals surface area contributed by atoms with Gasteiger partial charge in [-0.25, -0.2) is 5.06 Å². The van der Waals surface area contributed by atoms with Crippen LogP contribution in [0.1, 0.15) is 25.0 Å². The molecular formula is C19H17F3N2O4. The van der Waals surface area contributed by atoms with Crippen molar-refractivity contribution in [2.75, 3.05) is 6.54 Å². The summed E-state index contributed by atoms with van der Waals surface area (Å²) in [6, 6.07) is 7.30. The third-order valence-corrected chi connectivity index (χ3v) is 4.44. The molecule has 1 aliphatic heterocycles. The van der Waals surface area contributed by atoms with Gasteiger partial charge in [0.1, 0.15) is 11.4 Å². The fourth-order valence-electron chi connectivity index (χ4n) is 3.12. The van der Waals surface area contributed by atoms with E-state index in [0.29, 0.717) is 5.06 Å². The molecule has 1 amide bonds. The third-order valence-electron chi connectivity index (χ3n) is 4.44. The number of carbonyl (C=O) groups excluding carboxylic acids is 1. The number of pyridine rings is 1. The van der Waals surface area contributed by atoms with Gasteiger partial charge in [-0.3, -0.25) is 19.4 Å². The van der Waals surface area contributed by atoms with Crippen molar-refractivity contribution in [3.8, 4) is 5.75 Å². The van der Waals surface area contributed by atoms with Gasteiger partial charge in [-0.1, -0.05) is 6.07 Å². The first-order chi connectivity index (χ1) is 13.0. The summed E-state index contributed by atoms with van der Waals surface area (Å²) < 4.78 is 46.8. The molecule has 2 heterocycles. The minimum absolute atomic E-state index is 0.0387. The maximum atomic E-state index is 13.3. The number of alkyl halides is 3. The van der Waals surface area contributed by atoms with Crippen LogP contribution in [-0.2, 0) is 11.0 Å². The molecule has 6 nitrogen and oxygen atoms in total. The van der Waals surface area contributed by atoms with Crippen molar-refractivity contribution in [1.82, 2.24) is 9.63 Å². The normalized spacial score (nSPS) is 15.6. The van der Waals surface area contributed by atoms with Crippen LogP contribution >= 0.6 is 0 Å². The molecule has 0 atom stereocenters. The van der Waals surface area contributed by atoms with Crippen LogP contribution in [0, 0.1) is 0 Å². The summed E-state index contributed by atoms with van der Waals surface area (Å²) in [5, 5.41) is 10.1. The van der Waals surface area contributed by atoms with Gasteiger partial charge in [-0.05, 0) is 38.1 Å². The predicted molar refractivity (Wildman–Crippen MR) is 93.7 cm³/mol. The lowest BCUT2D eigenvalue weighted by atomic mass is 9.88. The van der Waals surface area contributed by atoms with Crippen molar-refractivity contribution in [3.05, 3.63) is 69.6 Å². The third kappa shape index (κ3) is 3.53. The molecule has 0 spiro atoms. The summed E-state index contributed by atoms with van der Waals surface area (Å²) in [6.07, 6.45) is -3.03. The highest BCUT2D eigenvalue weighted by atomic mass is 19.4. The number of carbonyl (C=O) groups is 1. The van der Waals surface area contributed by atoms with Crippen molar-refractivity contribution >= 4 is 12.1 Å². The number of hydrogen-bond donors (Lipinski definition) is 1. The summed E-state index contributed by atoms with van der Waals surface area (Å²) in [5.74, 6) is 0.156. The molecule has 1 aliphatic rings. The van der Waals surface area contributed by atoms with E-state index in [1.165, 1.54) is 29.0 Å². The van der Waals surface area contributed by atoms with Crippen LogP contribution in [0.2, 0.25) is 0 Å². The van der Waals surface area contributed by atoms with E-state index in [-0.39, 0.29) is 35.5 Å². The Morgan fingerprint density at radius 1 is 1.25 bits per heavy atom. The minimum Gasteiger partial charge on any atom is -0.483 e. The Kier molecular flexibility index (Phi) is 4.80. The van der Waals surface area contributed by atoms with Gasteiger partial charge in [0, 0.05) is 23.4 Å². The molecule has 3 rings (SSSR count). The molecule has 0 saturated carbocycles. The lowest BCUT2D eigenvalue weighted by molar-refractivity contribution is -0.148. The fourth-order valence-corrected chi connectivity index (χ4v) is 3.12. The van der Waals surface area contributed by atoms with Gasteiger partial charge in [-0.15, -0.1) is 0 Å². The van der Waals surface area contributed by atoms with E-state index < -0.39 is 22.9 Å². The number of amides is 1. The van der Waals surface area contributed by atoms with Crippen LogP contribution in [0.5, 0.6) is 5.75 Å². The topological polar surface area (TPSA) is 71.8 Å². The molecule has 2 aromatic rings. The second-order valence-electron chi connectivity index (χ2n) is 6.76. The monoisotopic (exact) mass is 394 g/mol. The van der Waals surface area contributed by atoms with Gasteiger partial charge in [0.05, 0.1) is 17.8 Å².